The first-order chi connectivity index (χ1) is 10.0. The van der Waals surface area contributed by atoms with Gasteiger partial charge in [0.05, 0.1) is 0 Å². The van der Waals surface area contributed by atoms with Crippen LogP contribution in [0.2, 0.25) is 0 Å². The molecule has 1 aromatic carbocycles. The zero-order valence-electron chi connectivity index (χ0n) is 12.4. The highest BCUT2D eigenvalue weighted by Crippen LogP contribution is 2.18. The van der Waals surface area contributed by atoms with Gasteiger partial charge in [-0.2, -0.15) is 0 Å². The SMILES string of the molecule is CC(CO)C(C)NC(=O)NCCCSc1ccc(F)cc1. The Morgan fingerprint density at radius 1 is 1.33 bits per heavy atom. The smallest absolute Gasteiger partial charge is 0.315 e. The first-order valence-electron chi connectivity index (χ1n) is 7.06. The van der Waals surface area contributed by atoms with E-state index >= 15 is 0 Å². The van der Waals surface area contributed by atoms with Crippen molar-refractivity contribution in [3.8, 4) is 0 Å². The first kappa shape index (κ1) is 17.8. The molecule has 2 atom stereocenters. The van der Waals surface area contributed by atoms with Gasteiger partial charge in [-0.25, -0.2) is 9.18 Å². The van der Waals surface area contributed by atoms with Gasteiger partial charge in [0.2, 0.25) is 0 Å². The second-order valence-corrected chi connectivity index (χ2v) is 6.17. The van der Waals surface area contributed by atoms with Crippen LogP contribution < -0.4 is 10.6 Å². The summed E-state index contributed by atoms with van der Waals surface area (Å²) in [5, 5.41) is 14.6. The van der Waals surface area contributed by atoms with Crippen LogP contribution in [0.15, 0.2) is 29.2 Å². The lowest BCUT2D eigenvalue weighted by atomic mass is 10.1. The van der Waals surface area contributed by atoms with Gasteiger partial charge in [-0.05, 0) is 49.3 Å². The molecule has 0 fully saturated rings. The molecule has 3 N–H and O–H groups in total. The van der Waals surface area contributed by atoms with Crippen molar-refractivity contribution >= 4 is 17.8 Å². The highest BCUT2D eigenvalue weighted by atomic mass is 32.2. The largest absolute Gasteiger partial charge is 0.396 e. The molecule has 0 bridgehead atoms. The average molecular weight is 314 g/mol. The lowest BCUT2D eigenvalue weighted by Crippen LogP contribution is -2.44. The van der Waals surface area contributed by atoms with E-state index in [-0.39, 0.29) is 30.4 Å². The standard InChI is InChI=1S/C15H23FN2O2S/c1-11(10-19)12(2)18-15(20)17-8-3-9-21-14-6-4-13(16)5-7-14/h4-7,11-12,19H,3,8-10H2,1-2H3,(H2,17,18,20). The van der Waals surface area contributed by atoms with E-state index in [1.165, 1.54) is 12.1 Å². The summed E-state index contributed by atoms with van der Waals surface area (Å²) < 4.78 is 12.7. The van der Waals surface area contributed by atoms with Crippen LogP contribution in [0, 0.1) is 11.7 Å². The molecule has 0 saturated heterocycles. The van der Waals surface area contributed by atoms with Crippen LogP contribution in [0.25, 0.3) is 0 Å². The number of aliphatic hydroxyl groups excluding tert-OH is 1. The summed E-state index contributed by atoms with van der Waals surface area (Å²) in [6.07, 6.45) is 0.833. The Bertz CT molecular complexity index is 428. The van der Waals surface area contributed by atoms with Gasteiger partial charge in [0.25, 0.3) is 0 Å². The van der Waals surface area contributed by atoms with Gasteiger partial charge in [0.1, 0.15) is 5.82 Å². The number of aliphatic hydroxyl groups is 1. The van der Waals surface area contributed by atoms with E-state index in [1.807, 2.05) is 13.8 Å². The van der Waals surface area contributed by atoms with Gasteiger partial charge in [0, 0.05) is 24.1 Å². The minimum Gasteiger partial charge on any atom is -0.396 e. The number of thioether (sulfide) groups is 1. The maximum absolute atomic E-state index is 12.7. The van der Waals surface area contributed by atoms with Crippen molar-refractivity contribution in [2.24, 2.45) is 5.92 Å². The van der Waals surface area contributed by atoms with Crippen molar-refractivity contribution in [1.29, 1.82) is 0 Å². The van der Waals surface area contributed by atoms with E-state index in [9.17, 15) is 9.18 Å². The Morgan fingerprint density at radius 2 is 2.00 bits per heavy atom. The molecule has 0 aliphatic rings. The fourth-order valence-corrected chi connectivity index (χ4v) is 2.41. The van der Waals surface area contributed by atoms with Gasteiger partial charge >= 0.3 is 6.03 Å². The summed E-state index contributed by atoms with van der Waals surface area (Å²) in [6, 6.07) is 6.10. The molecule has 0 aliphatic carbocycles. The summed E-state index contributed by atoms with van der Waals surface area (Å²) in [5.74, 6) is 0.655. The molecular formula is C15H23FN2O2S. The third kappa shape index (κ3) is 7.34. The Hall–Kier alpha value is -1.27. The van der Waals surface area contributed by atoms with Crippen LogP contribution in [0.5, 0.6) is 0 Å². The number of amides is 2. The molecule has 6 heteroatoms. The number of halogens is 1. The summed E-state index contributed by atoms with van der Waals surface area (Å²) in [6.45, 7) is 4.38. The highest BCUT2D eigenvalue weighted by Gasteiger charge is 2.13. The predicted molar refractivity (Wildman–Crippen MR) is 84.0 cm³/mol. The van der Waals surface area contributed by atoms with Crippen molar-refractivity contribution in [3.05, 3.63) is 30.1 Å². The molecule has 2 amide bonds. The van der Waals surface area contributed by atoms with Gasteiger partial charge in [-0.1, -0.05) is 6.92 Å². The third-order valence-corrected chi connectivity index (χ3v) is 4.29. The summed E-state index contributed by atoms with van der Waals surface area (Å²) in [4.78, 5) is 12.6. The molecule has 1 aromatic rings. The molecule has 21 heavy (non-hydrogen) atoms. The topological polar surface area (TPSA) is 61.4 Å². The molecule has 0 aliphatic heterocycles. The molecule has 118 valence electrons. The summed E-state index contributed by atoms with van der Waals surface area (Å²) in [7, 11) is 0. The Balaban J connectivity index is 2.11. The second kappa shape index (κ2) is 9.63. The van der Waals surface area contributed by atoms with E-state index in [0.29, 0.717) is 6.54 Å². The van der Waals surface area contributed by atoms with Crippen LogP contribution in [0.3, 0.4) is 0 Å². The van der Waals surface area contributed by atoms with E-state index in [0.717, 1.165) is 17.1 Å². The monoisotopic (exact) mass is 314 g/mol. The molecule has 2 unspecified atom stereocenters. The zero-order valence-corrected chi connectivity index (χ0v) is 13.3. The van der Waals surface area contributed by atoms with Crippen LogP contribution in [-0.4, -0.2) is 36.1 Å². The second-order valence-electron chi connectivity index (χ2n) is 5.00. The van der Waals surface area contributed by atoms with Crippen molar-refractivity contribution in [1.82, 2.24) is 10.6 Å². The normalized spacial score (nSPS) is 13.5. The Morgan fingerprint density at radius 3 is 2.62 bits per heavy atom. The van der Waals surface area contributed by atoms with Crippen LogP contribution in [-0.2, 0) is 0 Å². The molecular weight excluding hydrogens is 291 g/mol. The number of urea groups is 1. The number of carbonyl (C=O) groups is 1. The van der Waals surface area contributed by atoms with Crippen LogP contribution in [0.1, 0.15) is 20.3 Å². The molecule has 1 rings (SSSR count). The highest BCUT2D eigenvalue weighted by molar-refractivity contribution is 7.99. The molecule has 0 radical (unpaired) electrons. The number of hydrogen-bond donors (Lipinski definition) is 3. The van der Waals surface area contributed by atoms with Crippen LogP contribution in [0.4, 0.5) is 9.18 Å². The van der Waals surface area contributed by atoms with E-state index in [2.05, 4.69) is 10.6 Å². The van der Waals surface area contributed by atoms with Crippen molar-refractivity contribution in [2.75, 3.05) is 18.9 Å². The minimum absolute atomic E-state index is 0.0322. The predicted octanol–water partition coefficient (Wildman–Crippen LogP) is 2.62. The Labute approximate surface area is 129 Å². The number of carbonyl (C=O) groups excluding carboxylic acids is 1. The maximum atomic E-state index is 12.7. The third-order valence-electron chi connectivity index (χ3n) is 3.19. The van der Waals surface area contributed by atoms with Gasteiger partial charge in [0.15, 0.2) is 0 Å². The summed E-state index contributed by atoms with van der Waals surface area (Å²) >= 11 is 1.63. The van der Waals surface area contributed by atoms with E-state index in [1.54, 1.807) is 23.9 Å². The lowest BCUT2D eigenvalue weighted by molar-refractivity contribution is 0.200. The van der Waals surface area contributed by atoms with Crippen molar-refractivity contribution in [2.45, 2.75) is 31.2 Å². The fourth-order valence-electron chi connectivity index (χ4n) is 1.55. The molecule has 0 aromatic heterocycles. The number of nitrogens with one attached hydrogen (secondary N) is 2. The quantitative estimate of drug-likeness (QED) is 0.510. The average Bonchev–Trinajstić information content (AvgIpc) is 2.47. The van der Waals surface area contributed by atoms with Gasteiger partial charge < -0.3 is 15.7 Å². The number of hydrogen-bond acceptors (Lipinski definition) is 3. The first-order valence-corrected chi connectivity index (χ1v) is 8.05. The number of rotatable bonds is 8. The maximum Gasteiger partial charge on any atom is 0.315 e. The van der Waals surface area contributed by atoms with Gasteiger partial charge in [-0.3, -0.25) is 0 Å². The molecule has 4 nitrogen and oxygen atoms in total. The minimum atomic E-state index is -0.232. The van der Waals surface area contributed by atoms with Crippen LogP contribution >= 0.6 is 11.8 Å². The van der Waals surface area contributed by atoms with E-state index in [4.69, 9.17) is 5.11 Å². The van der Waals surface area contributed by atoms with Crippen molar-refractivity contribution < 1.29 is 14.3 Å². The lowest BCUT2D eigenvalue weighted by Gasteiger charge is -2.19. The number of benzene rings is 1. The van der Waals surface area contributed by atoms with E-state index < -0.39 is 0 Å². The molecule has 0 saturated carbocycles. The summed E-state index contributed by atoms with van der Waals surface area (Å²) in [5.41, 5.74) is 0. The van der Waals surface area contributed by atoms with Gasteiger partial charge in [-0.15, -0.1) is 11.8 Å². The molecule has 0 heterocycles. The molecule has 0 spiro atoms. The Kier molecular flexibility index (Phi) is 8.15. The fraction of sp³-hybridized carbons (Fsp3) is 0.533. The van der Waals surface area contributed by atoms with Crippen molar-refractivity contribution in [3.63, 3.8) is 0 Å². The zero-order chi connectivity index (χ0) is 15.7.